The minimum absolute atomic E-state index is 0.273. The molecule has 1 atom stereocenters. The Bertz CT molecular complexity index is 388. The molecule has 1 heteroatoms. The summed E-state index contributed by atoms with van der Waals surface area (Å²) in [5.41, 5.74) is 4.09. The quantitative estimate of drug-likeness (QED) is 0.668. The number of allylic oxidation sites excluding steroid dienone is 6. The van der Waals surface area contributed by atoms with E-state index in [1.54, 1.807) is 0 Å². The first-order valence-electron chi connectivity index (χ1n) is 6.02. The first kappa shape index (κ1) is 12.7. The normalized spacial score (nSPS) is 24.5. The molecular weight excluding hydrogens is 194 g/mol. The molecule has 16 heavy (non-hydrogen) atoms. The Morgan fingerprint density at radius 3 is 2.75 bits per heavy atom. The highest BCUT2D eigenvalue weighted by atomic mass is 14.7. The number of hydrogen-bond donors (Lipinski definition) is 0. The van der Waals surface area contributed by atoms with E-state index in [0.717, 1.165) is 12.8 Å². The summed E-state index contributed by atoms with van der Waals surface area (Å²) in [4.78, 5) is 4.31. The van der Waals surface area contributed by atoms with Gasteiger partial charge in [-0.1, -0.05) is 31.6 Å². The molecule has 0 aromatic carbocycles. The van der Waals surface area contributed by atoms with Crippen LogP contribution in [-0.4, -0.2) is 11.9 Å². The van der Waals surface area contributed by atoms with E-state index in [1.165, 1.54) is 16.7 Å². The van der Waals surface area contributed by atoms with Gasteiger partial charge in [0.25, 0.3) is 0 Å². The van der Waals surface area contributed by atoms with Crippen molar-refractivity contribution in [3.05, 3.63) is 41.0 Å². The average Bonchev–Trinajstić information content (AvgIpc) is 2.27. The third-order valence-electron chi connectivity index (χ3n) is 3.10. The molecule has 0 saturated carbocycles. The van der Waals surface area contributed by atoms with E-state index in [-0.39, 0.29) is 6.04 Å². The van der Waals surface area contributed by atoms with Gasteiger partial charge in [-0.05, 0) is 55.9 Å². The largest absolute Gasteiger partial charge is 0.236 e. The smallest absolute Gasteiger partial charge is 0.0774 e. The summed E-state index contributed by atoms with van der Waals surface area (Å²) in [7, 11) is 0. The minimum atomic E-state index is 0.273. The van der Waals surface area contributed by atoms with Crippen molar-refractivity contribution >= 4 is 5.87 Å². The van der Waals surface area contributed by atoms with Gasteiger partial charge in [-0.2, -0.15) is 0 Å². The Labute approximate surface area is 99.0 Å². The van der Waals surface area contributed by atoms with E-state index in [0.29, 0.717) is 0 Å². The Morgan fingerprint density at radius 2 is 2.12 bits per heavy atom. The van der Waals surface area contributed by atoms with E-state index in [9.17, 15) is 0 Å². The van der Waals surface area contributed by atoms with Crippen LogP contribution in [0.4, 0.5) is 0 Å². The van der Waals surface area contributed by atoms with Crippen molar-refractivity contribution in [3.8, 4) is 0 Å². The first-order chi connectivity index (χ1) is 7.69. The SMILES string of the molecule is CC/C(C)=C(C)/C1=C/C=C=NC(CC)C=C1. The van der Waals surface area contributed by atoms with Gasteiger partial charge in [0.05, 0.1) is 6.04 Å². The molecule has 1 unspecified atom stereocenters. The minimum Gasteiger partial charge on any atom is -0.236 e. The second-order valence-corrected chi connectivity index (χ2v) is 4.14. The molecule has 1 nitrogen and oxygen atoms in total. The van der Waals surface area contributed by atoms with Gasteiger partial charge in [0.1, 0.15) is 0 Å². The van der Waals surface area contributed by atoms with Gasteiger partial charge < -0.3 is 0 Å². The Balaban J connectivity index is 3.03. The summed E-state index contributed by atoms with van der Waals surface area (Å²) in [5, 5.41) is 0. The lowest BCUT2D eigenvalue weighted by molar-refractivity contribution is 0.788. The van der Waals surface area contributed by atoms with Gasteiger partial charge >= 0.3 is 0 Å². The lowest BCUT2D eigenvalue weighted by atomic mass is 9.99. The molecule has 86 valence electrons. The number of aliphatic imine (C=N–C) groups is 1. The van der Waals surface area contributed by atoms with Crippen molar-refractivity contribution in [1.82, 2.24) is 0 Å². The van der Waals surface area contributed by atoms with Crippen LogP contribution in [0.3, 0.4) is 0 Å². The zero-order valence-electron chi connectivity index (χ0n) is 10.7. The summed E-state index contributed by atoms with van der Waals surface area (Å²) >= 11 is 0. The third kappa shape index (κ3) is 3.36. The predicted molar refractivity (Wildman–Crippen MR) is 72.0 cm³/mol. The fourth-order valence-corrected chi connectivity index (χ4v) is 1.57. The highest BCUT2D eigenvalue weighted by Gasteiger charge is 2.02. The highest BCUT2D eigenvalue weighted by Crippen LogP contribution is 2.19. The molecule has 0 bridgehead atoms. The molecule has 0 fully saturated rings. The van der Waals surface area contributed by atoms with Crippen LogP contribution < -0.4 is 0 Å². The van der Waals surface area contributed by atoms with Crippen molar-refractivity contribution in [2.75, 3.05) is 0 Å². The fraction of sp³-hybridized carbons (Fsp3) is 0.467. The first-order valence-corrected chi connectivity index (χ1v) is 6.02. The van der Waals surface area contributed by atoms with Crippen LogP contribution in [0.2, 0.25) is 0 Å². The molecule has 1 aliphatic rings. The molecule has 1 rings (SSSR count). The second kappa shape index (κ2) is 6.30. The van der Waals surface area contributed by atoms with Crippen LogP contribution >= 0.6 is 0 Å². The maximum absolute atomic E-state index is 4.31. The van der Waals surface area contributed by atoms with E-state index < -0.39 is 0 Å². The molecule has 0 amide bonds. The van der Waals surface area contributed by atoms with Gasteiger partial charge in [-0.3, -0.25) is 0 Å². The van der Waals surface area contributed by atoms with Gasteiger partial charge in [-0.25, -0.2) is 4.99 Å². The van der Waals surface area contributed by atoms with Crippen LogP contribution in [0.5, 0.6) is 0 Å². The summed E-state index contributed by atoms with van der Waals surface area (Å²) in [6.45, 7) is 8.71. The third-order valence-corrected chi connectivity index (χ3v) is 3.10. The number of nitrogens with zero attached hydrogens (tertiary/aromatic N) is 1. The summed E-state index contributed by atoms with van der Waals surface area (Å²) in [6.07, 6.45) is 10.5. The topological polar surface area (TPSA) is 12.4 Å². The van der Waals surface area contributed by atoms with E-state index in [1.807, 2.05) is 6.08 Å². The van der Waals surface area contributed by atoms with E-state index in [4.69, 9.17) is 0 Å². The predicted octanol–water partition coefficient (Wildman–Crippen LogP) is 4.23. The molecule has 0 aromatic rings. The van der Waals surface area contributed by atoms with Crippen molar-refractivity contribution < 1.29 is 0 Å². The van der Waals surface area contributed by atoms with Crippen molar-refractivity contribution in [2.45, 2.75) is 46.6 Å². The molecule has 1 heterocycles. The van der Waals surface area contributed by atoms with E-state index >= 15 is 0 Å². The Kier molecular flexibility index (Phi) is 5.01. The maximum atomic E-state index is 4.31. The average molecular weight is 215 g/mol. The Morgan fingerprint density at radius 1 is 1.38 bits per heavy atom. The van der Waals surface area contributed by atoms with Crippen LogP contribution in [-0.2, 0) is 0 Å². The summed E-state index contributed by atoms with van der Waals surface area (Å²) in [6, 6.07) is 0.273. The van der Waals surface area contributed by atoms with E-state index in [2.05, 4.69) is 56.8 Å². The van der Waals surface area contributed by atoms with Crippen molar-refractivity contribution in [3.63, 3.8) is 0 Å². The molecule has 1 aliphatic heterocycles. The number of rotatable bonds is 3. The molecule has 0 spiro atoms. The molecule has 0 aliphatic carbocycles. The molecular formula is C15H21N. The van der Waals surface area contributed by atoms with Crippen LogP contribution in [0.25, 0.3) is 0 Å². The molecule has 0 N–H and O–H groups in total. The monoisotopic (exact) mass is 215 g/mol. The van der Waals surface area contributed by atoms with Crippen molar-refractivity contribution in [2.24, 2.45) is 4.99 Å². The van der Waals surface area contributed by atoms with Crippen LogP contribution in [0, 0.1) is 0 Å². The fourth-order valence-electron chi connectivity index (χ4n) is 1.57. The lowest BCUT2D eigenvalue weighted by Gasteiger charge is -2.09. The van der Waals surface area contributed by atoms with Crippen LogP contribution in [0.15, 0.2) is 46.0 Å². The molecule has 0 aromatic heterocycles. The van der Waals surface area contributed by atoms with Gasteiger partial charge in [-0.15, -0.1) is 0 Å². The number of hydrogen-bond acceptors (Lipinski definition) is 1. The zero-order valence-corrected chi connectivity index (χ0v) is 10.7. The van der Waals surface area contributed by atoms with Gasteiger partial charge in [0.2, 0.25) is 0 Å². The van der Waals surface area contributed by atoms with Gasteiger partial charge in [0, 0.05) is 0 Å². The summed E-state index contributed by atoms with van der Waals surface area (Å²) < 4.78 is 0. The zero-order chi connectivity index (χ0) is 12.0. The summed E-state index contributed by atoms with van der Waals surface area (Å²) in [5.74, 6) is 2.98. The van der Waals surface area contributed by atoms with Gasteiger partial charge in [0.15, 0.2) is 0 Å². The maximum Gasteiger partial charge on any atom is 0.0774 e. The second-order valence-electron chi connectivity index (χ2n) is 4.14. The molecule has 0 saturated heterocycles. The lowest BCUT2D eigenvalue weighted by Crippen LogP contribution is -1.98. The van der Waals surface area contributed by atoms with Crippen LogP contribution in [0.1, 0.15) is 40.5 Å². The molecule has 0 radical (unpaired) electrons. The standard InChI is InChI=1S/C15H21N/c1-5-12(3)13(4)14-8-7-11-16-15(6-2)10-9-14/h7-10,15H,5-6H2,1-4H3/b10-9?,13-12+,14-8+. The Hall–Kier alpha value is -1.33. The van der Waals surface area contributed by atoms with Crippen molar-refractivity contribution in [1.29, 1.82) is 0 Å². The highest BCUT2D eigenvalue weighted by molar-refractivity contribution is 5.59.